The van der Waals surface area contributed by atoms with Gasteiger partial charge in [0.25, 0.3) is 58.5 Å². The van der Waals surface area contributed by atoms with Crippen LogP contribution in [-0.2, 0) is 19.6 Å². The molecule has 15 aromatic rings. The number of aromatic nitrogens is 6. The maximum Gasteiger partial charge on any atom is 0.297 e. The van der Waals surface area contributed by atoms with Gasteiger partial charge in [0.2, 0.25) is 16.7 Å². The molecule has 15 rings (SSSR count). The molecule has 6 amide bonds. The van der Waals surface area contributed by atoms with Crippen molar-refractivity contribution in [3.8, 4) is 0 Å². The molecule has 0 radical (unpaired) electrons. The average molecular weight is 1820 g/mol. The van der Waals surface area contributed by atoms with Gasteiger partial charge in [0.15, 0.2) is 11.5 Å². The van der Waals surface area contributed by atoms with Crippen molar-refractivity contribution in [3.63, 3.8) is 0 Å². The molecule has 0 aliphatic rings. The Labute approximate surface area is 751 Å². The third-order valence-corrected chi connectivity index (χ3v) is 22.9. The summed E-state index contributed by atoms with van der Waals surface area (Å²) in [5, 5.41) is 8.45. The number of carbonyl (C=O) groups is 6. The Morgan fingerprint density at radius 3 is 1.08 bits per heavy atom. The molecule has 0 fully saturated rings. The molecule has 0 aliphatic heterocycles. The van der Waals surface area contributed by atoms with Crippen LogP contribution in [0.15, 0.2) is 200 Å². The SMILES string of the molecule is CNC(=O)c1ccc(Cn2c(C(C(C)C)N(CCN)C(=O)c3ccc(C)cc3)nc3c(oc4ccc(F)cc43)c2=O)o1.Cc1ccc(C(=O)N(CCN)C(c2nc3c(oc4ccc(F)cc43)c(=O)n2Cc2ccc(C(=O)NC(C)C)o2)C(C)C)cc1.Cc1ccc(C(=O)N(CCN)C(c2nc3c(oc4ccc(F)cc43)c(=O)n2Cc2ccc(C(=O)NCC(F)F)s2)C(C)C)cc1. The number of fused-ring (bicyclic) bond motifs is 9. The number of rotatable bonds is 30. The van der Waals surface area contributed by atoms with Crippen LogP contribution in [0.5, 0.6) is 0 Å². The van der Waals surface area contributed by atoms with Crippen LogP contribution < -0.4 is 49.8 Å². The third-order valence-electron chi connectivity index (χ3n) is 21.8. The van der Waals surface area contributed by atoms with Gasteiger partial charge in [0.05, 0.1) is 49.2 Å². The maximum absolute atomic E-state index is 14.3. The Bertz CT molecular complexity index is 6950. The number of amides is 6. The lowest BCUT2D eigenvalue weighted by Crippen LogP contribution is -2.43. The lowest BCUT2D eigenvalue weighted by atomic mass is 9.99. The highest BCUT2D eigenvalue weighted by Gasteiger charge is 2.39. The van der Waals surface area contributed by atoms with Crippen molar-refractivity contribution in [2.24, 2.45) is 35.0 Å². The van der Waals surface area contributed by atoms with Gasteiger partial charge in [-0.2, -0.15) is 0 Å². The quantitative estimate of drug-likeness (QED) is 0.0228. The van der Waals surface area contributed by atoms with Crippen LogP contribution in [0, 0.1) is 56.0 Å². The second-order valence-corrected chi connectivity index (χ2v) is 34.1. The number of aryl methyl sites for hydroxylation is 3. The topological polar surface area (TPSA) is 397 Å². The van der Waals surface area contributed by atoms with E-state index in [9.17, 15) is 65.1 Å². The highest BCUT2D eigenvalue weighted by molar-refractivity contribution is 7.14. The van der Waals surface area contributed by atoms with Crippen molar-refractivity contribution in [1.29, 1.82) is 0 Å². The summed E-state index contributed by atoms with van der Waals surface area (Å²) < 4.78 is 102. The number of carbonyl (C=O) groups excluding carboxylic acids is 6. The fourth-order valence-electron chi connectivity index (χ4n) is 15.7. The summed E-state index contributed by atoms with van der Waals surface area (Å²) in [6.07, 6.45) is -2.70. The maximum atomic E-state index is 14.3. The number of halogens is 5. The van der Waals surface area contributed by atoms with Crippen LogP contribution in [0.25, 0.3) is 66.2 Å². The molecule has 6 aromatic carbocycles. The molecule has 3 unspecified atom stereocenters. The molecule has 29 nitrogen and oxygen atoms in total. The summed E-state index contributed by atoms with van der Waals surface area (Å²) in [5.41, 5.74) is 21.9. The molecule has 9 heterocycles. The van der Waals surface area contributed by atoms with Crippen LogP contribution in [0.4, 0.5) is 22.0 Å². The molecule has 0 saturated heterocycles. The second kappa shape index (κ2) is 40.7. The van der Waals surface area contributed by atoms with Crippen molar-refractivity contribution >= 4 is 113 Å². The summed E-state index contributed by atoms with van der Waals surface area (Å²) in [6.45, 7) is 20.9. The molecule has 0 saturated carbocycles. The first kappa shape index (κ1) is 94.6. The normalized spacial score (nSPS) is 12.3. The van der Waals surface area contributed by atoms with Gasteiger partial charge in [-0.15, -0.1) is 11.3 Å². The van der Waals surface area contributed by atoms with Crippen LogP contribution in [0.1, 0.15) is 186 Å². The molecule has 9 aromatic heterocycles. The van der Waals surface area contributed by atoms with Crippen LogP contribution in [0.3, 0.4) is 0 Å². The number of nitrogens with one attached hydrogen (secondary N) is 3. The van der Waals surface area contributed by atoms with E-state index in [0.717, 1.165) is 28.0 Å². The molecule has 35 heteroatoms. The van der Waals surface area contributed by atoms with E-state index in [2.05, 4.69) is 16.0 Å². The summed E-state index contributed by atoms with van der Waals surface area (Å²) in [6, 6.07) is 40.4. The van der Waals surface area contributed by atoms with E-state index in [1.807, 2.05) is 113 Å². The average Bonchev–Trinajstić information content (AvgIpc) is 1.58. The number of hydrogen-bond donors (Lipinski definition) is 6. The molecule has 684 valence electrons. The van der Waals surface area contributed by atoms with Gasteiger partial charge in [-0.25, -0.2) is 36.9 Å². The number of furan rings is 5. The second-order valence-electron chi connectivity index (χ2n) is 33.0. The minimum Gasteiger partial charge on any atom is -0.454 e. The lowest BCUT2D eigenvalue weighted by Gasteiger charge is -2.35. The molecule has 9 N–H and O–H groups in total. The zero-order valence-electron chi connectivity index (χ0n) is 74.0. The molecular formula is C96H100F5N15O14S. The third kappa shape index (κ3) is 20.7. The number of thiophene rings is 1. The molecule has 131 heavy (non-hydrogen) atoms. The van der Waals surface area contributed by atoms with Gasteiger partial charge in [0, 0.05) is 90.1 Å². The largest absolute Gasteiger partial charge is 0.454 e. The molecule has 0 bridgehead atoms. The summed E-state index contributed by atoms with van der Waals surface area (Å²) >= 11 is 1.04. The van der Waals surface area contributed by atoms with E-state index in [1.54, 1.807) is 69.3 Å². The molecule has 3 atom stereocenters. The van der Waals surface area contributed by atoms with E-state index in [-0.39, 0.29) is 179 Å². The van der Waals surface area contributed by atoms with E-state index < -0.39 is 77.0 Å². The number of hydrogen-bond acceptors (Lipinski definition) is 21. The van der Waals surface area contributed by atoms with Gasteiger partial charge in [0.1, 0.15) is 79.7 Å². The monoisotopic (exact) mass is 1810 g/mol. The molecule has 0 spiro atoms. The molecular weight excluding hydrogens is 1710 g/mol. The Kier molecular flexibility index (Phi) is 29.4. The first-order valence-corrected chi connectivity index (χ1v) is 43.4. The van der Waals surface area contributed by atoms with Crippen molar-refractivity contribution < 1.29 is 72.8 Å². The van der Waals surface area contributed by atoms with E-state index in [0.29, 0.717) is 60.4 Å². The van der Waals surface area contributed by atoms with Crippen molar-refractivity contribution in [2.45, 2.75) is 126 Å². The number of nitrogens with zero attached hydrogens (tertiary/aromatic N) is 9. The Morgan fingerprint density at radius 2 is 0.763 bits per heavy atom. The predicted molar refractivity (Wildman–Crippen MR) is 487 cm³/mol. The fraction of sp³-hybridized carbons (Fsp3) is 0.312. The first-order chi connectivity index (χ1) is 62.6. The van der Waals surface area contributed by atoms with Crippen LogP contribution in [-0.4, -0.2) is 144 Å². The fourth-order valence-corrected chi connectivity index (χ4v) is 16.6. The number of nitrogens with two attached hydrogens (primary N) is 3. The van der Waals surface area contributed by atoms with E-state index >= 15 is 0 Å². The zero-order chi connectivity index (χ0) is 94.2. The zero-order valence-corrected chi connectivity index (χ0v) is 74.9. The standard InChI is InChI=1S/C33H36FN5O5.C32H32F3N5O4S.C31H32FN5O5/c1-18(2)28(38(15-14-35)32(41)21-8-6-20(5)7-9-21)30-37-27-24-16-22(34)10-12-25(24)44-29(27)33(42)39(30)17-23-11-13-26(43-23)31(40)36-19(3)4;1-17(2)27(39(13-12-36)31(42)19-6-4-18(3)5-7-19)29-38-26-22-14-20(33)8-10-23(22)44-28(26)32(43)40(29)16-21-9-11-24(45-21)30(41)37-15-25(34)35;1-17(2)26(36(14-13-33)30(39)19-7-5-18(3)6-8-19)28-35-25-22-15-20(32)9-11-23(22)42-27(25)31(40)37(28)16-21-10-12-24(41-21)29(38)34-4/h6-13,16,18-19,28H,14-15,17,35H2,1-5H3,(H,36,40);4-11,14,17,25,27H,12-13,15-16,36H2,1-3H3,(H,37,41);5-12,15,17,26H,13-14,16,33H2,1-4H3,(H,34,38). The Morgan fingerprint density at radius 1 is 0.427 bits per heavy atom. The minimum atomic E-state index is -2.70. The Balaban J connectivity index is 0.000000167. The van der Waals surface area contributed by atoms with E-state index in [4.69, 9.17) is 54.2 Å². The van der Waals surface area contributed by atoms with Crippen LogP contribution in [0.2, 0.25) is 0 Å². The van der Waals surface area contributed by atoms with Gasteiger partial charge < -0.3 is 69.9 Å². The van der Waals surface area contributed by atoms with Gasteiger partial charge in [-0.1, -0.05) is 94.6 Å². The van der Waals surface area contributed by atoms with Gasteiger partial charge >= 0.3 is 0 Å². The number of alkyl halides is 2. The summed E-state index contributed by atoms with van der Waals surface area (Å²) in [4.78, 5) is 142. The first-order valence-electron chi connectivity index (χ1n) is 42.5. The molecule has 0 aliphatic carbocycles. The van der Waals surface area contributed by atoms with Crippen molar-refractivity contribution in [1.82, 2.24) is 59.3 Å². The van der Waals surface area contributed by atoms with Crippen molar-refractivity contribution in [3.05, 3.63) is 296 Å². The summed E-state index contributed by atoms with van der Waals surface area (Å²) in [7, 11) is 1.49. The number of benzene rings is 6. The van der Waals surface area contributed by atoms with Gasteiger partial charge in [-0.3, -0.25) is 56.9 Å². The lowest BCUT2D eigenvalue weighted by molar-refractivity contribution is 0.0606. The van der Waals surface area contributed by atoms with Gasteiger partial charge in [-0.05, 0) is 180 Å². The highest BCUT2D eigenvalue weighted by Crippen LogP contribution is 2.38. The van der Waals surface area contributed by atoms with E-state index in [1.165, 1.54) is 93.5 Å². The summed E-state index contributed by atoms with van der Waals surface area (Å²) in [5.74, 6) is -3.05. The highest BCUT2D eigenvalue weighted by atomic mass is 32.1. The smallest absolute Gasteiger partial charge is 0.297 e. The Hall–Kier alpha value is -14.0. The predicted octanol–water partition coefficient (Wildman–Crippen LogP) is 15.1. The minimum absolute atomic E-state index is 0.0589. The van der Waals surface area contributed by atoms with Crippen molar-refractivity contribution in [2.75, 3.05) is 52.9 Å². The van der Waals surface area contributed by atoms with Crippen LogP contribution >= 0.6 is 11.3 Å².